The molecule has 0 aliphatic carbocycles. The van der Waals surface area contributed by atoms with E-state index in [1.165, 1.54) is 62.5 Å². The second-order valence-electron chi connectivity index (χ2n) is 10.1. The minimum atomic E-state index is -0.256. The zero-order valence-electron chi connectivity index (χ0n) is 22.8. The van der Waals surface area contributed by atoms with Gasteiger partial charge in [-0.05, 0) is 62.3 Å². The summed E-state index contributed by atoms with van der Waals surface area (Å²) in [4.78, 5) is 21.3. The predicted octanol–water partition coefficient (Wildman–Crippen LogP) is 8.79. The minimum Gasteiger partial charge on any atom is -0.459 e. The van der Waals surface area contributed by atoms with Crippen LogP contribution in [-0.2, 0) is 17.6 Å². The van der Waals surface area contributed by atoms with Gasteiger partial charge in [0, 0.05) is 24.4 Å². The summed E-state index contributed by atoms with van der Waals surface area (Å²) in [6, 6.07) is 18.0. The highest BCUT2D eigenvalue weighted by Crippen LogP contribution is 2.20. The maximum Gasteiger partial charge on any atom is 0.338 e. The van der Waals surface area contributed by atoms with Crippen molar-refractivity contribution >= 4 is 5.97 Å². The van der Waals surface area contributed by atoms with Crippen molar-refractivity contribution in [1.29, 1.82) is 0 Å². The first-order chi connectivity index (χ1) is 18.2. The molecule has 0 bridgehead atoms. The Morgan fingerprint density at radius 3 is 2.03 bits per heavy atom. The molecule has 0 spiro atoms. The number of benzene rings is 2. The van der Waals surface area contributed by atoms with E-state index in [0.29, 0.717) is 5.56 Å². The molecular formula is C33H44N2O2. The van der Waals surface area contributed by atoms with E-state index in [0.717, 1.165) is 43.5 Å². The molecule has 0 fully saturated rings. The van der Waals surface area contributed by atoms with Crippen molar-refractivity contribution in [2.24, 2.45) is 0 Å². The normalized spacial score (nSPS) is 11.8. The molecule has 0 saturated heterocycles. The molecule has 37 heavy (non-hydrogen) atoms. The van der Waals surface area contributed by atoms with Gasteiger partial charge in [-0.1, -0.05) is 94.3 Å². The number of carbonyl (C=O) groups is 1. The highest BCUT2D eigenvalue weighted by molar-refractivity contribution is 5.89. The number of aryl methyl sites for hydroxylation is 2. The van der Waals surface area contributed by atoms with E-state index in [1.807, 2.05) is 37.5 Å². The molecular weight excluding hydrogens is 456 g/mol. The van der Waals surface area contributed by atoms with Gasteiger partial charge in [-0.25, -0.2) is 14.8 Å². The summed E-state index contributed by atoms with van der Waals surface area (Å²) in [5.74, 6) is 0.609. The average Bonchev–Trinajstić information content (AvgIpc) is 2.94. The van der Waals surface area contributed by atoms with Crippen LogP contribution >= 0.6 is 0 Å². The number of hydrogen-bond acceptors (Lipinski definition) is 4. The summed E-state index contributed by atoms with van der Waals surface area (Å²) in [5.41, 5.74) is 4.24. The van der Waals surface area contributed by atoms with Gasteiger partial charge in [0.1, 0.15) is 5.82 Å². The van der Waals surface area contributed by atoms with Gasteiger partial charge in [0.2, 0.25) is 0 Å². The van der Waals surface area contributed by atoms with E-state index >= 15 is 0 Å². The lowest BCUT2D eigenvalue weighted by Gasteiger charge is -2.13. The van der Waals surface area contributed by atoms with Crippen molar-refractivity contribution in [3.8, 4) is 11.1 Å². The Labute approximate surface area is 223 Å². The third-order valence-electron chi connectivity index (χ3n) is 6.89. The largest absolute Gasteiger partial charge is 0.459 e. The van der Waals surface area contributed by atoms with Crippen LogP contribution < -0.4 is 0 Å². The van der Waals surface area contributed by atoms with E-state index in [4.69, 9.17) is 4.74 Å². The maximum atomic E-state index is 12.1. The SMILES string of the molecule is CCCCCCCCCCc1ccc(-c2cnc(CCCCC(C)OC(=O)c3ccccc3)nc2)cc1. The van der Waals surface area contributed by atoms with Crippen LogP contribution in [0.15, 0.2) is 67.0 Å². The highest BCUT2D eigenvalue weighted by atomic mass is 16.5. The fraction of sp³-hybridized carbons (Fsp3) is 0.485. The molecule has 3 aromatic rings. The van der Waals surface area contributed by atoms with Crippen LogP contribution in [0.25, 0.3) is 11.1 Å². The van der Waals surface area contributed by atoms with Gasteiger partial charge in [-0.3, -0.25) is 0 Å². The van der Waals surface area contributed by atoms with Crippen molar-refractivity contribution in [3.63, 3.8) is 0 Å². The molecule has 2 aromatic carbocycles. The Morgan fingerprint density at radius 1 is 0.730 bits per heavy atom. The van der Waals surface area contributed by atoms with Crippen LogP contribution in [0.4, 0.5) is 0 Å². The van der Waals surface area contributed by atoms with Crippen LogP contribution in [0.1, 0.15) is 106 Å². The van der Waals surface area contributed by atoms with Crippen LogP contribution in [0, 0.1) is 0 Å². The molecule has 4 heteroatoms. The maximum absolute atomic E-state index is 12.1. The van der Waals surface area contributed by atoms with E-state index in [-0.39, 0.29) is 12.1 Å². The Morgan fingerprint density at radius 2 is 1.35 bits per heavy atom. The van der Waals surface area contributed by atoms with Crippen LogP contribution in [0.2, 0.25) is 0 Å². The number of nitrogens with zero attached hydrogens (tertiary/aromatic N) is 2. The summed E-state index contributed by atoms with van der Waals surface area (Å²) in [6.45, 7) is 4.22. The van der Waals surface area contributed by atoms with Gasteiger partial charge in [-0.15, -0.1) is 0 Å². The number of rotatable bonds is 17. The lowest BCUT2D eigenvalue weighted by atomic mass is 10.0. The molecule has 3 rings (SSSR count). The minimum absolute atomic E-state index is 0.102. The summed E-state index contributed by atoms with van der Waals surface area (Å²) in [7, 11) is 0. The molecule has 1 heterocycles. The molecule has 0 saturated carbocycles. The number of aromatic nitrogens is 2. The molecule has 1 unspecified atom stereocenters. The van der Waals surface area contributed by atoms with E-state index in [9.17, 15) is 4.79 Å². The summed E-state index contributed by atoms with van der Waals surface area (Å²) < 4.78 is 5.54. The Bertz CT molecular complexity index is 1020. The standard InChI is InChI=1S/C33H44N2O2/c1-3-4-5-6-7-8-9-11-17-28-21-23-29(24-22-28)31-25-34-32(35-26-31)20-15-14-16-27(2)37-33(36)30-18-12-10-13-19-30/h10,12-13,18-19,21-27H,3-9,11,14-17,20H2,1-2H3. The second-order valence-corrected chi connectivity index (χ2v) is 10.1. The van der Waals surface area contributed by atoms with E-state index in [1.54, 1.807) is 12.1 Å². The topological polar surface area (TPSA) is 52.1 Å². The van der Waals surface area contributed by atoms with Gasteiger partial charge in [0.15, 0.2) is 0 Å². The molecule has 1 aromatic heterocycles. The monoisotopic (exact) mass is 500 g/mol. The average molecular weight is 501 g/mol. The molecule has 0 aliphatic heterocycles. The zero-order chi connectivity index (χ0) is 26.1. The Hall–Kier alpha value is -3.01. The molecule has 0 radical (unpaired) electrons. The first kappa shape index (κ1) is 28.6. The molecule has 0 amide bonds. The van der Waals surface area contributed by atoms with Crippen LogP contribution in [0.3, 0.4) is 0 Å². The quantitative estimate of drug-likeness (QED) is 0.137. The van der Waals surface area contributed by atoms with Crippen molar-refractivity contribution < 1.29 is 9.53 Å². The predicted molar refractivity (Wildman–Crippen MR) is 153 cm³/mol. The zero-order valence-corrected chi connectivity index (χ0v) is 22.8. The fourth-order valence-electron chi connectivity index (χ4n) is 4.56. The summed E-state index contributed by atoms with van der Waals surface area (Å²) in [5, 5.41) is 0. The third-order valence-corrected chi connectivity index (χ3v) is 6.89. The van der Waals surface area contributed by atoms with E-state index < -0.39 is 0 Å². The molecule has 0 aliphatic rings. The number of hydrogen-bond donors (Lipinski definition) is 0. The summed E-state index contributed by atoms with van der Waals surface area (Å²) >= 11 is 0. The lowest BCUT2D eigenvalue weighted by molar-refractivity contribution is 0.0319. The Balaban J connectivity index is 1.31. The first-order valence-electron chi connectivity index (χ1n) is 14.3. The van der Waals surface area contributed by atoms with Gasteiger partial charge >= 0.3 is 5.97 Å². The van der Waals surface area contributed by atoms with Crippen LogP contribution in [-0.4, -0.2) is 22.0 Å². The van der Waals surface area contributed by atoms with Gasteiger partial charge in [0.05, 0.1) is 11.7 Å². The van der Waals surface area contributed by atoms with Gasteiger partial charge in [-0.2, -0.15) is 0 Å². The van der Waals surface area contributed by atoms with Crippen molar-refractivity contribution in [2.75, 3.05) is 0 Å². The molecule has 0 N–H and O–H groups in total. The number of ether oxygens (including phenoxy) is 1. The third kappa shape index (κ3) is 10.9. The number of carbonyl (C=O) groups excluding carboxylic acids is 1. The number of esters is 1. The first-order valence-corrected chi connectivity index (χ1v) is 14.3. The molecule has 198 valence electrons. The molecule has 4 nitrogen and oxygen atoms in total. The second kappa shape index (κ2) is 16.7. The highest BCUT2D eigenvalue weighted by Gasteiger charge is 2.11. The van der Waals surface area contributed by atoms with Crippen LogP contribution in [0.5, 0.6) is 0 Å². The van der Waals surface area contributed by atoms with E-state index in [2.05, 4.69) is 41.2 Å². The fourth-order valence-corrected chi connectivity index (χ4v) is 4.56. The molecule has 1 atom stereocenters. The number of unbranched alkanes of at least 4 members (excludes halogenated alkanes) is 8. The van der Waals surface area contributed by atoms with Crippen molar-refractivity contribution in [2.45, 2.75) is 103 Å². The smallest absolute Gasteiger partial charge is 0.338 e. The van der Waals surface area contributed by atoms with Crippen molar-refractivity contribution in [3.05, 3.63) is 83.9 Å². The Kier molecular flexibility index (Phi) is 12.9. The van der Waals surface area contributed by atoms with Crippen molar-refractivity contribution in [1.82, 2.24) is 9.97 Å². The van der Waals surface area contributed by atoms with Gasteiger partial charge in [0.25, 0.3) is 0 Å². The van der Waals surface area contributed by atoms with Gasteiger partial charge < -0.3 is 4.74 Å². The summed E-state index contributed by atoms with van der Waals surface area (Å²) in [6.07, 6.45) is 19.4. The lowest BCUT2D eigenvalue weighted by Crippen LogP contribution is -2.15.